The van der Waals surface area contributed by atoms with Gasteiger partial charge >= 0.3 is 0 Å². The largest absolute Gasteiger partial charge is 0.494 e. The van der Waals surface area contributed by atoms with Gasteiger partial charge in [0.25, 0.3) is 0 Å². The van der Waals surface area contributed by atoms with Crippen LogP contribution in [0.2, 0.25) is 5.02 Å². The van der Waals surface area contributed by atoms with Gasteiger partial charge < -0.3 is 14.6 Å². The summed E-state index contributed by atoms with van der Waals surface area (Å²) in [6, 6.07) is 15.7. The molecule has 2 aromatic carbocycles. The lowest BCUT2D eigenvalue weighted by Crippen LogP contribution is -2.22. The van der Waals surface area contributed by atoms with Crippen LogP contribution in [-0.2, 0) is 11.3 Å². The zero-order valence-electron chi connectivity index (χ0n) is 15.7. The number of nitrogens with zero attached hydrogens (tertiary/aromatic N) is 2. The molecule has 0 radical (unpaired) electrons. The number of fused-ring (bicyclic) bond motifs is 2. The molecule has 0 saturated carbocycles. The molecule has 7 heteroatoms. The molecule has 0 saturated heterocycles. The molecular formula is C22H18ClN3O3. The van der Waals surface area contributed by atoms with Gasteiger partial charge in [-0.05, 0) is 49.4 Å². The van der Waals surface area contributed by atoms with Gasteiger partial charge in [-0.15, -0.1) is 0 Å². The fourth-order valence-corrected chi connectivity index (χ4v) is 3.48. The number of carbonyl (C=O) groups excluding carboxylic acids is 1. The highest BCUT2D eigenvalue weighted by atomic mass is 35.5. The van der Waals surface area contributed by atoms with E-state index >= 15 is 0 Å². The standard InChI is InChI=1S/C22H18ClN3O3/c1-2-29-14-9-10-19-16(12-14)21(28)15-6-5-11-24-22(15)26(19)13-20(27)25-18-8-4-3-7-17(18)23/h3-12H,2,13H2,1H3,(H,25,27). The third-order valence-electron chi connectivity index (χ3n) is 4.55. The van der Waals surface area contributed by atoms with Gasteiger partial charge in [0.15, 0.2) is 5.43 Å². The molecule has 1 amide bonds. The number of carbonyl (C=O) groups is 1. The second-order valence-corrected chi connectivity index (χ2v) is 6.84. The van der Waals surface area contributed by atoms with Crippen molar-refractivity contribution >= 4 is 45.1 Å². The number of benzene rings is 2. The predicted octanol–water partition coefficient (Wildman–Crippen LogP) is 4.24. The number of nitrogens with one attached hydrogen (secondary N) is 1. The Hall–Kier alpha value is -3.38. The Morgan fingerprint density at radius 3 is 2.76 bits per heavy atom. The van der Waals surface area contributed by atoms with Crippen LogP contribution in [-0.4, -0.2) is 22.1 Å². The first-order valence-electron chi connectivity index (χ1n) is 9.17. The predicted molar refractivity (Wildman–Crippen MR) is 115 cm³/mol. The Morgan fingerprint density at radius 2 is 1.97 bits per heavy atom. The van der Waals surface area contributed by atoms with E-state index in [4.69, 9.17) is 16.3 Å². The molecule has 0 aliphatic rings. The van der Waals surface area contributed by atoms with Crippen LogP contribution in [0.5, 0.6) is 5.75 Å². The summed E-state index contributed by atoms with van der Waals surface area (Å²) in [6.07, 6.45) is 1.60. The van der Waals surface area contributed by atoms with Crippen molar-refractivity contribution in [1.29, 1.82) is 0 Å². The first-order valence-corrected chi connectivity index (χ1v) is 9.54. The summed E-state index contributed by atoms with van der Waals surface area (Å²) >= 11 is 6.14. The summed E-state index contributed by atoms with van der Waals surface area (Å²) < 4.78 is 7.27. The number of hydrogen-bond donors (Lipinski definition) is 1. The van der Waals surface area contributed by atoms with Gasteiger partial charge in [0.1, 0.15) is 17.9 Å². The first-order chi connectivity index (χ1) is 14.1. The van der Waals surface area contributed by atoms with E-state index < -0.39 is 0 Å². The molecule has 4 aromatic rings. The fourth-order valence-electron chi connectivity index (χ4n) is 3.29. The average Bonchev–Trinajstić information content (AvgIpc) is 2.73. The van der Waals surface area contributed by atoms with Crippen molar-refractivity contribution in [3.05, 3.63) is 76.0 Å². The SMILES string of the molecule is CCOc1ccc2c(c1)c(=O)c1cccnc1n2CC(=O)Nc1ccccc1Cl. The van der Waals surface area contributed by atoms with E-state index in [1.807, 2.05) is 6.92 Å². The van der Waals surface area contributed by atoms with Crippen LogP contribution in [0, 0.1) is 0 Å². The lowest BCUT2D eigenvalue weighted by molar-refractivity contribution is -0.116. The normalized spacial score (nSPS) is 11.0. The van der Waals surface area contributed by atoms with E-state index in [1.54, 1.807) is 65.4 Å². The number of amides is 1. The number of rotatable bonds is 5. The van der Waals surface area contributed by atoms with Crippen LogP contribution >= 0.6 is 11.6 Å². The monoisotopic (exact) mass is 407 g/mol. The number of anilines is 1. The van der Waals surface area contributed by atoms with Crippen molar-refractivity contribution in [2.75, 3.05) is 11.9 Å². The second-order valence-electron chi connectivity index (χ2n) is 6.43. The van der Waals surface area contributed by atoms with Crippen molar-refractivity contribution in [2.24, 2.45) is 0 Å². The summed E-state index contributed by atoms with van der Waals surface area (Å²) in [6.45, 7) is 2.35. The lowest BCUT2D eigenvalue weighted by atomic mass is 10.1. The Bertz CT molecular complexity index is 1280. The van der Waals surface area contributed by atoms with Crippen molar-refractivity contribution in [3.8, 4) is 5.75 Å². The molecule has 6 nitrogen and oxygen atoms in total. The third kappa shape index (κ3) is 3.67. The van der Waals surface area contributed by atoms with Crippen LogP contribution in [0.25, 0.3) is 21.9 Å². The molecule has 0 spiro atoms. The van der Waals surface area contributed by atoms with E-state index in [0.29, 0.717) is 45.0 Å². The van der Waals surface area contributed by atoms with Crippen molar-refractivity contribution in [1.82, 2.24) is 9.55 Å². The van der Waals surface area contributed by atoms with Crippen LogP contribution < -0.4 is 15.5 Å². The molecule has 0 unspecified atom stereocenters. The highest BCUT2D eigenvalue weighted by Gasteiger charge is 2.15. The fraction of sp³-hybridized carbons (Fsp3) is 0.136. The van der Waals surface area contributed by atoms with Crippen LogP contribution in [0.3, 0.4) is 0 Å². The van der Waals surface area contributed by atoms with E-state index in [-0.39, 0.29) is 17.9 Å². The molecule has 0 atom stereocenters. The highest BCUT2D eigenvalue weighted by molar-refractivity contribution is 6.33. The number of hydrogen-bond acceptors (Lipinski definition) is 4. The summed E-state index contributed by atoms with van der Waals surface area (Å²) in [7, 11) is 0. The minimum atomic E-state index is -0.274. The Balaban J connectivity index is 1.83. The van der Waals surface area contributed by atoms with E-state index in [9.17, 15) is 9.59 Å². The Labute approximate surface area is 171 Å². The van der Waals surface area contributed by atoms with Crippen LogP contribution in [0.4, 0.5) is 5.69 Å². The van der Waals surface area contributed by atoms with Crippen molar-refractivity contribution in [2.45, 2.75) is 13.5 Å². The first kappa shape index (κ1) is 19.0. The summed E-state index contributed by atoms with van der Waals surface area (Å²) in [5, 5.41) is 4.18. The van der Waals surface area contributed by atoms with Gasteiger partial charge in [0, 0.05) is 6.20 Å². The molecule has 0 aliphatic heterocycles. The molecule has 0 aliphatic carbocycles. The number of halogens is 1. The van der Waals surface area contributed by atoms with E-state index in [2.05, 4.69) is 10.3 Å². The molecule has 2 heterocycles. The quantitative estimate of drug-likeness (QED) is 0.502. The highest BCUT2D eigenvalue weighted by Crippen LogP contribution is 2.24. The number of aromatic nitrogens is 2. The van der Waals surface area contributed by atoms with Gasteiger partial charge in [-0.25, -0.2) is 4.98 Å². The molecule has 0 fully saturated rings. The Morgan fingerprint density at radius 1 is 1.14 bits per heavy atom. The molecule has 4 rings (SSSR count). The van der Waals surface area contributed by atoms with Gasteiger partial charge in [0.2, 0.25) is 5.91 Å². The maximum atomic E-state index is 13.0. The zero-order chi connectivity index (χ0) is 20.4. The zero-order valence-corrected chi connectivity index (χ0v) is 16.4. The summed E-state index contributed by atoms with van der Waals surface area (Å²) in [5.74, 6) is 0.330. The maximum absolute atomic E-state index is 13.0. The van der Waals surface area contributed by atoms with Crippen LogP contribution in [0.1, 0.15) is 6.92 Å². The minimum absolute atomic E-state index is 0.0243. The van der Waals surface area contributed by atoms with E-state index in [0.717, 1.165) is 0 Å². The van der Waals surface area contributed by atoms with Gasteiger partial charge in [-0.1, -0.05) is 23.7 Å². The molecule has 29 heavy (non-hydrogen) atoms. The summed E-state index contributed by atoms with van der Waals surface area (Å²) in [5.41, 5.74) is 1.44. The lowest BCUT2D eigenvalue weighted by Gasteiger charge is -2.15. The van der Waals surface area contributed by atoms with Crippen LogP contribution in [0.15, 0.2) is 65.6 Å². The topological polar surface area (TPSA) is 73.2 Å². The van der Waals surface area contributed by atoms with Crippen molar-refractivity contribution in [3.63, 3.8) is 0 Å². The molecular weight excluding hydrogens is 390 g/mol. The van der Waals surface area contributed by atoms with E-state index in [1.165, 1.54) is 0 Å². The summed E-state index contributed by atoms with van der Waals surface area (Å²) in [4.78, 5) is 30.1. The number of ether oxygens (including phenoxy) is 1. The van der Waals surface area contributed by atoms with Gasteiger partial charge in [-0.3, -0.25) is 9.59 Å². The molecule has 1 N–H and O–H groups in total. The Kier molecular flexibility index (Phi) is 5.18. The molecule has 146 valence electrons. The second kappa shape index (κ2) is 7.93. The number of pyridine rings is 2. The minimum Gasteiger partial charge on any atom is -0.494 e. The maximum Gasteiger partial charge on any atom is 0.244 e. The smallest absolute Gasteiger partial charge is 0.244 e. The molecule has 0 bridgehead atoms. The average molecular weight is 408 g/mol. The molecule has 2 aromatic heterocycles. The van der Waals surface area contributed by atoms with Gasteiger partial charge in [0.05, 0.1) is 33.6 Å². The number of para-hydroxylation sites is 1. The van der Waals surface area contributed by atoms with Gasteiger partial charge in [-0.2, -0.15) is 0 Å². The van der Waals surface area contributed by atoms with Crippen molar-refractivity contribution < 1.29 is 9.53 Å². The third-order valence-corrected chi connectivity index (χ3v) is 4.88.